The minimum Gasteiger partial charge on any atom is -0.507 e. The maximum absolute atomic E-state index is 13.2. The second-order valence-electron chi connectivity index (χ2n) is 7.67. The molecule has 1 fully saturated rings. The third kappa shape index (κ3) is 4.68. The minimum atomic E-state index is -4.95. The van der Waals surface area contributed by atoms with Gasteiger partial charge in [0.05, 0.1) is 23.9 Å². The SMILES string of the molecule is COc1ccc(C)cc1/C(O)=C1\C(=O)C(=O)N(c2cccc(OC(F)(F)F)c2)C1c1ccccn1. The van der Waals surface area contributed by atoms with E-state index >= 15 is 0 Å². The van der Waals surface area contributed by atoms with Crippen LogP contribution in [0.5, 0.6) is 11.5 Å². The number of ether oxygens (including phenoxy) is 2. The number of aromatic nitrogens is 1. The Hall–Kier alpha value is -4.34. The first kappa shape index (κ1) is 23.8. The number of rotatable bonds is 5. The molecule has 0 spiro atoms. The summed E-state index contributed by atoms with van der Waals surface area (Å²) < 4.78 is 47.6. The molecule has 1 aromatic heterocycles. The average molecular weight is 484 g/mol. The Morgan fingerprint density at radius 2 is 1.83 bits per heavy atom. The van der Waals surface area contributed by atoms with E-state index in [0.717, 1.165) is 22.6 Å². The van der Waals surface area contributed by atoms with Crippen LogP contribution >= 0.6 is 0 Å². The maximum atomic E-state index is 13.2. The highest BCUT2D eigenvalue weighted by Crippen LogP contribution is 2.43. The number of halogens is 3. The van der Waals surface area contributed by atoms with Crippen LogP contribution in [0.4, 0.5) is 18.9 Å². The van der Waals surface area contributed by atoms with Crippen molar-refractivity contribution in [3.05, 3.63) is 89.3 Å². The molecule has 10 heteroatoms. The Kier molecular flexibility index (Phi) is 6.21. The van der Waals surface area contributed by atoms with Gasteiger partial charge in [-0.3, -0.25) is 19.5 Å². The Balaban J connectivity index is 1.93. The highest BCUT2D eigenvalue weighted by molar-refractivity contribution is 6.51. The molecule has 180 valence electrons. The van der Waals surface area contributed by atoms with Crippen molar-refractivity contribution in [2.45, 2.75) is 19.3 Å². The van der Waals surface area contributed by atoms with E-state index in [1.54, 1.807) is 43.3 Å². The molecule has 1 aliphatic rings. The zero-order valence-corrected chi connectivity index (χ0v) is 18.5. The number of aliphatic hydroxyl groups is 1. The van der Waals surface area contributed by atoms with Gasteiger partial charge in [0.1, 0.15) is 23.3 Å². The van der Waals surface area contributed by atoms with Crippen molar-refractivity contribution >= 4 is 23.1 Å². The van der Waals surface area contributed by atoms with Crippen LogP contribution in [-0.2, 0) is 9.59 Å². The van der Waals surface area contributed by atoms with Crippen LogP contribution in [0.3, 0.4) is 0 Å². The summed E-state index contributed by atoms with van der Waals surface area (Å²) in [6, 6.07) is 13.2. The molecule has 0 saturated carbocycles. The minimum absolute atomic E-state index is 0.0419. The van der Waals surface area contributed by atoms with Crippen molar-refractivity contribution in [1.82, 2.24) is 4.98 Å². The van der Waals surface area contributed by atoms with Gasteiger partial charge in [-0.1, -0.05) is 23.8 Å². The monoisotopic (exact) mass is 484 g/mol. The number of ketones is 1. The van der Waals surface area contributed by atoms with Gasteiger partial charge in [0.25, 0.3) is 11.7 Å². The molecule has 1 atom stereocenters. The van der Waals surface area contributed by atoms with Crippen LogP contribution in [0.25, 0.3) is 5.76 Å². The summed E-state index contributed by atoms with van der Waals surface area (Å²) in [4.78, 5) is 31.6. The fourth-order valence-electron chi connectivity index (χ4n) is 3.90. The molecule has 1 amide bonds. The highest BCUT2D eigenvalue weighted by Gasteiger charge is 2.48. The third-order valence-electron chi connectivity index (χ3n) is 5.35. The topological polar surface area (TPSA) is 89.0 Å². The number of aryl methyl sites for hydroxylation is 1. The predicted octanol–water partition coefficient (Wildman–Crippen LogP) is 4.92. The van der Waals surface area contributed by atoms with E-state index in [4.69, 9.17) is 4.74 Å². The maximum Gasteiger partial charge on any atom is 0.573 e. The standard InChI is InChI=1S/C25H19F3N2O5/c1-14-9-10-19(34-2)17(12-14)22(31)20-21(18-8-3-4-11-29-18)30(24(33)23(20)32)15-6-5-7-16(13-15)35-25(26,27)28/h3-13,21,31H,1-2H3/b22-20+. The van der Waals surface area contributed by atoms with Crippen LogP contribution in [0.2, 0.25) is 0 Å². The van der Waals surface area contributed by atoms with Crippen molar-refractivity contribution in [1.29, 1.82) is 0 Å². The van der Waals surface area contributed by atoms with Gasteiger partial charge in [0, 0.05) is 18.0 Å². The molecule has 0 aliphatic carbocycles. The van der Waals surface area contributed by atoms with E-state index < -0.39 is 35.6 Å². The number of Topliss-reactive ketones (excluding diaryl/α,β-unsaturated/α-hetero) is 1. The predicted molar refractivity (Wildman–Crippen MR) is 120 cm³/mol. The van der Waals surface area contributed by atoms with E-state index in [-0.39, 0.29) is 28.3 Å². The molecule has 3 aromatic rings. The molecule has 1 unspecified atom stereocenters. The number of aliphatic hydroxyl groups excluding tert-OH is 1. The molecule has 1 N–H and O–H groups in total. The van der Waals surface area contributed by atoms with Gasteiger partial charge in [-0.25, -0.2) is 0 Å². The summed E-state index contributed by atoms with van der Waals surface area (Å²) in [6.45, 7) is 1.77. The van der Waals surface area contributed by atoms with Crippen LogP contribution in [0, 0.1) is 6.92 Å². The lowest BCUT2D eigenvalue weighted by molar-refractivity contribution is -0.274. The lowest BCUT2D eigenvalue weighted by atomic mass is 9.97. The molecule has 35 heavy (non-hydrogen) atoms. The summed E-state index contributed by atoms with van der Waals surface area (Å²) in [5.74, 6) is -2.87. The number of hydrogen-bond acceptors (Lipinski definition) is 6. The second kappa shape index (κ2) is 9.13. The van der Waals surface area contributed by atoms with Gasteiger partial charge in [0.2, 0.25) is 0 Å². The van der Waals surface area contributed by atoms with E-state index in [1.165, 1.54) is 25.4 Å². The van der Waals surface area contributed by atoms with Gasteiger partial charge in [0.15, 0.2) is 0 Å². The molecule has 1 aliphatic heterocycles. The molecular weight excluding hydrogens is 465 g/mol. The number of pyridine rings is 1. The normalized spacial score (nSPS) is 17.5. The van der Waals surface area contributed by atoms with E-state index in [0.29, 0.717) is 0 Å². The van der Waals surface area contributed by atoms with Gasteiger partial charge in [-0.05, 0) is 43.3 Å². The Morgan fingerprint density at radius 3 is 2.49 bits per heavy atom. The number of carbonyl (C=O) groups excluding carboxylic acids is 2. The molecule has 2 aromatic carbocycles. The molecule has 2 heterocycles. The van der Waals surface area contributed by atoms with Crippen molar-refractivity contribution in [3.63, 3.8) is 0 Å². The van der Waals surface area contributed by atoms with Crippen LogP contribution in [0.15, 0.2) is 72.4 Å². The highest BCUT2D eigenvalue weighted by atomic mass is 19.4. The van der Waals surface area contributed by atoms with Crippen molar-refractivity contribution in [3.8, 4) is 11.5 Å². The smallest absolute Gasteiger partial charge is 0.507 e. The van der Waals surface area contributed by atoms with Crippen LogP contribution in [0.1, 0.15) is 22.9 Å². The van der Waals surface area contributed by atoms with Crippen molar-refractivity contribution in [2.24, 2.45) is 0 Å². The number of benzene rings is 2. The van der Waals surface area contributed by atoms with E-state index in [1.807, 2.05) is 0 Å². The fraction of sp³-hybridized carbons (Fsp3) is 0.160. The van der Waals surface area contributed by atoms with Crippen molar-refractivity contribution < 1.29 is 37.3 Å². The zero-order valence-electron chi connectivity index (χ0n) is 18.5. The Labute approximate surface area is 198 Å². The summed E-state index contributed by atoms with van der Waals surface area (Å²) >= 11 is 0. The van der Waals surface area contributed by atoms with E-state index in [9.17, 15) is 27.9 Å². The fourth-order valence-corrected chi connectivity index (χ4v) is 3.90. The summed E-state index contributed by atoms with van der Waals surface area (Å²) in [5, 5.41) is 11.2. The molecule has 0 bridgehead atoms. The van der Waals surface area contributed by atoms with Gasteiger partial charge < -0.3 is 14.6 Å². The third-order valence-corrected chi connectivity index (χ3v) is 5.35. The Bertz CT molecular complexity index is 1320. The molecule has 0 radical (unpaired) electrons. The largest absolute Gasteiger partial charge is 0.573 e. The average Bonchev–Trinajstić information content (AvgIpc) is 3.08. The molecule has 4 rings (SSSR count). The lowest BCUT2D eigenvalue weighted by Gasteiger charge is -2.25. The van der Waals surface area contributed by atoms with Gasteiger partial charge in [-0.2, -0.15) is 0 Å². The van der Waals surface area contributed by atoms with Crippen LogP contribution < -0.4 is 14.4 Å². The first-order valence-corrected chi connectivity index (χ1v) is 10.3. The number of carbonyl (C=O) groups is 2. The number of nitrogens with zero attached hydrogens (tertiary/aromatic N) is 2. The Morgan fingerprint density at radius 1 is 1.06 bits per heavy atom. The number of amides is 1. The quantitative estimate of drug-likeness (QED) is 0.314. The number of anilines is 1. The molecule has 1 saturated heterocycles. The number of alkyl halides is 3. The van der Waals surface area contributed by atoms with Crippen molar-refractivity contribution in [2.75, 3.05) is 12.0 Å². The second-order valence-corrected chi connectivity index (χ2v) is 7.67. The molecular formula is C25H19F3N2O5. The first-order chi connectivity index (χ1) is 16.6. The first-order valence-electron chi connectivity index (χ1n) is 10.3. The van der Waals surface area contributed by atoms with E-state index in [2.05, 4.69) is 9.72 Å². The van der Waals surface area contributed by atoms with Crippen LogP contribution in [-0.4, -0.2) is 35.3 Å². The summed E-state index contributed by atoms with van der Waals surface area (Å²) in [6.07, 6.45) is -3.51. The summed E-state index contributed by atoms with van der Waals surface area (Å²) in [5.41, 5.74) is 0.843. The summed E-state index contributed by atoms with van der Waals surface area (Å²) in [7, 11) is 1.39. The lowest BCUT2D eigenvalue weighted by Crippen LogP contribution is -2.30. The van der Waals surface area contributed by atoms with Gasteiger partial charge in [-0.15, -0.1) is 13.2 Å². The molecule has 7 nitrogen and oxygen atoms in total. The zero-order chi connectivity index (χ0) is 25.3. The number of hydrogen-bond donors (Lipinski definition) is 1. The number of methoxy groups -OCH3 is 1. The van der Waals surface area contributed by atoms with Gasteiger partial charge >= 0.3 is 6.36 Å².